The Morgan fingerprint density at radius 2 is 1.25 bits per heavy atom. The van der Waals surface area contributed by atoms with Gasteiger partial charge in [-0.05, 0) is 75.6 Å². The molecular formula is C26H32O6. The number of aromatic carboxylic acids is 1. The Hall–Kier alpha value is -3.02. The van der Waals surface area contributed by atoms with Crippen LogP contribution in [0.1, 0.15) is 84.9 Å². The molecule has 0 unspecified atom stereocenters. The number of benzene rings is 2. The first-order valence-corrected chi connectivity index (χ1v) is 11.5. The molecule has 0 atom stereocenters. The molecule has 2 N–H and O–H groups in total. The minimum Gasteiger partial charge on any atom is -0.507 e. The topological polar surface area (TPSA) is 93.1 Å². The number of hydrogen-bond donors (Lipinski definition) is 2. The minimum absolute atomic E-state index is 0.0108. The molecule has 0 radical (unpaired) electrons. The molecule has 0 spiro atoms. The minimum atomic E-state index is -0.925. The maximum Gasteiger partial charge on any atom is 0.342 e. The molecule has 0 aromatic heterocycles. The van der Waals surface area contributed by atoms with Crippen LogP contribution in [0.4, 0.5) is 0 Å². The van der Waals surface area contributed by atoms with E-state index in [-0.39, 0.29) is 29.1 Å². The number of aromatic hydroxyl groups is 1. The van der Waals surface area contributed by atoms with Gasteiger partial charge in [-0.25, -0.2) is 9.59 Å². The number of ether oxygens (including phenoxy) is 2. The average molecular weight is 441 g/mol. The number of phenolic OH excluding ortho intramolecular Hbond substituents is 1. The van der Waals surface area contributed by atoms with Crippen molar-refractivity contribution in [2.75, 3.05) is 0 Å². The van der Waals surface area contributed by atoms with E-state index in [4.69, 9.17) is 14.6 Å². The summed E-state index contributed by atoms with van der Waals surface area (Å²) in [5.74, 6) is -0.846. The normalized spacial score (nSPS) is 17.0. The summed E-state index contributed by atoms with van der Waals surface area (Å²) in [5, 5.41) is 18.5. The Morgan fingerprint density at radius 1 is 0.719 bits per heavy atom. The lowest BCUT2D eigenvalue weighted by molar-refractivity contribution is 0.0208. The van der Waals surface area contributed by atoms with Gasteiger partial charge in [-0.3, -0.25) is 0 Å². The standard InChI is InChI=1S/2C13H16O3/c14-13(15)11-8-4-5-9-12(11)16-10-6-2-1-3-7-10;14-12-9-5-4-8-11(12)13(15)16-10-6-2-1-3-7-10/h4-5,8-10H,1-3,6-7H2,(H,14,15);4-5,8-10,14H,1-3,6-7H2. The first-order valence-electron chi connectivity index (χ1n) is 11.5. The molecule has 2 saturated carbocycles. The van der Waals surface area contributed by atoms with Gasteiger partial charge in [-0.1, -0.05) is 37.1 Å². The van der Waals surface area contributed by atoms with E-state index in [1.807, 2.05) is 6.07 Å². The molecule has 6 heteroatoms. The number of carboxylic acids is 1. The van der Waals surface area contributed by atoms with Crippen LogP contribution in [0.15, 0.2) is 48.5 Å². The summed E-state index contributed by atoms with van der Waals surface area (Å²) in [6, 6.07) is 13.3. The molecule has 32 heavy (non-hydrogen) atoms. The highest BCUT2D eigenvalue weighted by Crippen LogP contribution is 2.26. The van der Waals surface area contributed by atoms with Crippen LogP contribution in [-0.4, -0.2) is 34.4 Å². The van der Waals surface area contributed by atoms with Crippen molar-refractivity contribution in [3.63, 3.8) is 0 Å². The summed E-state index contributed by atoms with van der Waals surface area (Å²) < 4.78 is 11.1. The smallest absolute Gasteiger partial charge is 0.342 e. The van der Waals surface area contributed by atoms with Crippen LogP contribution in [0.2, 0.25) is 0 Å². The van der Waals surface area contributed by atoms with Crippen molar-refractivity contribution in [3.05, 3.63) is 59.7 Å². The highest BCUT2D eigenvalue weighted by Gasteiger charge is 2.20. The van der Waals surface area contributed by atoms with E-state index in [2.05, 4.69) is 0 Å². The second-order valence-corrected chi connectivity index (χ2v) is 8.36. The van der Waals surface area contributed by atoms with Crippen molar-refractivity contribution in [1.29, 1.82) is 0 Å². The molecule has 2 aliphatic rings. The van der Waals surface area contributed by atoms with Gasteiger partial charge in [0.25, 0.3) is 0 Å². The molecule has 2 aromatic carbocycles. The summed E-state index contributed by atoms with van der Waals surface area (Å²) >= 11 is 0. The number of rotatable bonds is 5. The molecule has 2 aromatic rings. The van der Waals surface area contributed by atoms with Gasteiger partial charge in [0.1, 0.15) is 28.7 Å². The fraction of sp³-hybridized carbons (Fsp3) is 0.462. The number of carboxylic acid groups (broad SMARTS) is 1. The monoisotopic (exact) mass is 440 g/mol. The van der Waals surface area contributed by atoms with Gasteiger partial charge in [0.15, 0.2) is 0 Å². The fourth-order valence-electron chi connectivity index (χ4n) is 4.15. The molecule has 2 fully saturated rings. The van der Waals surface area contributed by atoms with Gasteiger partial charge in [0.05, 0.1) is 6.10 Å². The van der Waals surface area contributed by atoms with Gasteiger partial charge in [0, 0.05) is 0 Å². The average Bonchev–Trinajstić information content (AvgIpc) is 2.81. The molecule has 0 saturated heterocycles. The third-order valence-corrected chi connectivity index (χ3v) is 5.91. The number of esters is 1. The van der Waals surface area contributed by atoms with Gasteiger partial charge in [0.2, 0.25) is 0 Å². The van der Waals surface area contributed by atoms with Crippen LogP contribution < -0.4 is 4.74 Å². The summed E-state index contributed by atoms with van der Waals surface area (Å²) in [6.45, 7) is 0. The number of carbonyl (C=O) groups is 2. The van der Waals surface area contributed by atoms with Crippen LogP contribution in [-0.2, 0) is 4.74 Å². The van der Waals surface area contributed by atoms with Crippen LogP contribution >= 0.6 is 0 Å². The van der Waals surface area contributed by atoms with E-state index in [1.165, 1.54) is 31.7 Å². The lowest BCUT2D eigenvalue weighted by Gasteiger charge is -2.23. The molecule has 0 heterocycles. The van der Waals surface area contributed by atoms with Crippen LogP contribution in [0.3, 0.4) is 0 Å². The van der Waals surface area contributed by atoms with Gasteiger partial charge in [-0.2, -0.15) is 0 Å². The SMILES string of the molecule is O=C(O)c1ccccc1OC1CCCCC1.O=C(OC1CCCCC1)c1ccccc1O. The Kier molecular flexibility index (Phi) is 8.96. The quantitative estimate of drug-likeness (QED) is 0.556. The molecule has 0 amide bonds. The van der Waals surface area contributed by atoms with E-state index in [1.54, 1.807) is 36.4 Å². The highest BCUT2D eigenvalue weighted by molar-refractivity contribution is 5.92. The Labute approximate surface area is 189 Å². The second kappa shape index (κ2) is 12.1. The van der Waals surface area contributed by atoms with E-state index in [9.17, 15) is 14.7 Å². The summed E-state index contributed by atoms with van der Waals surface area (Å²) in [7, 11) is 0. The molecule has 0 bridgehead atoms. The zero-order chi connectivity index (χ0) is 22.8. The van der Waals surface area contributed by atoms with Crippen LogP contribution in [0, 0.1) is 0 Å². The number of para-hydroxylation sites is 2. The largest absolute Gasteiger partial charge is 0.507 e. The lowest BCUT2D eigenvalue weighted by atomic mass is 9.97. The molecule has 6 nitrogen and oxygen atoms in total. The predicted octanol–water partition coefficient (Wildman–Crippen LogP) is 5.98. The summed E-state index contributed by atoms with van der Waals surface area (Å²) in [5.41, 5.74) is 0.515. The highest BCUT2D eigenvalue weighted by atomic mass is 16.5. The van der Waals surface area contributed by atoms with E-state index >= 15 is 0 Å². The number of hydrogen-bond acceptors (Lipinski definition) is 5. The molecule has 0 aliphatic heterocycles. The van der Waals surface area contributed by atoms with Gasteiger partial charge >= 0.3 is 11.9 Å². The van der Waals surface area contributed by atoms with E-state index in [0.717, 1.165) is 38.5 Å². The summed E-state index contributed by atoms with van der Waals surface area (Å²) in [4.78, 5) is 22.7. The maximum absolute atomic E-state index is 11.8. The van der Waals surface area contributed by atoms with Crippen molar-refractivity contribution >= 4 is 11.9 Å². The number of phenols is 1. The first-order chi connectivity index (χ1) is 15.5. The van der Waals surface area contributed by atoms with Crippen molar-refractivity contribution in [2.24, 2.45) is 0 Å². The zero-order valence-electron chi connectivity index (χ0n) is 18.4. The van der Waals surface area contributed by atoms with Crippen LogP contribution in [0.5, 0.6) is 11.5 Å². The van der Waals surface area contributed by atoms with Crippen molar-refractivity contribution in [1.82, 2.24) is 0 Å². The molecule has 172 valence electrons. The van der Waals surface area contributed by atoms with E-state index < -0.39 is 11.9 Å². The predicted molar refractivity (Wildman–Crippen MR) is 121 cm³/mol. The maximum atomic E-state index is 11.8. The van der Waals surface area contributed by atoms with E-state index in [0.29, 0.717) is 5.75 Å². The Balaban J connectivity index is 0.000000181. The zero-order valence-corrected chi connectivity index (χ0v) is 18.4. The van der Waals surface area contributed by atoms with Gasteiger partial charge < -0.3 is 19.7 Å². The third kappa shape index (κ3) is 7.01. The lowest BCUT2D eigenvalue weighted by Crippen LogP contribution is -2.20. The van der Waals surface area contributed by atoms with Gasteiger partial charge in [-0.15, -0.1) is 0 Å². The van der Waals surface area contributed by atoms with Crippen molar-refractivity contribution < 1.29 is 29.3 Å². The van der Waals surface area contributed by atoms with Crippen molar-refractivity contribution in [3.8, 4) is 11.5 Å². The molecular weight excluding hydrogens is 408 g/mol. The molecule has 2 aliphatic carbocycles. The third-order valence-electron chi connectivity index (χ3n) is 5.91. The van der Waals surface area contributed by atoms with Crippen molar-refractivity contribution in [2.45, 2.75) is 76.4 Å². The Bertz CT molecular complexity index is 881. The van der Waals surface area contributed by atoms with Crippen LogP contribution in [0.25, 0.3) is 0 Å². The Morgan fingerprint density at radius 3 is 1.84 bits per heavy atom. The summed E-state index contributed by atoms with van der Waals surface area (Å²) in [6.07, 6.45) is 11.3. The fourth-order valence-corrected chi connectivity index (χ4v) is 4.15. The second-order valence-electron chi connectivity index (χ2n) is 8.36. The molecule has 4 rings (SSSR count). The number of carbonyl (C=O) groups excluding carboxylic acids is 1. The first kappa shape index (κ1) is 23.6.